The van der Waals surface area contributed by atoms with Gasteiger partial charge in [-0.15, -0.1) is 0 Å². The molecule has 5 aliphatic rings. The lowest BCUT2D eigenvalue weighted by molar-refractivity contribution is -0.394. The first-order valence-electron chi connectivity index (χ1n) is 38.5. The molecule has 1 amide bonds. The number of allylic oxidation sites excluding steroid dienone is 1. The number of rotatable bonds is 53. The number of aliphatic hydroxyl groups excluding tert-OH is 17. The van der Waals surface area contributed by atoms with Crippen LogP contribution in [-0.4, -0.2) is 298 Å². The van der Waals surface area contributed by atoms with Gasteiger partial charge in [0.2, 0.25) is 5.91 Å². The SMILES string of the molecule is CCCCCCCCCCCCC/C=C/[C@@H](O)[C@H](CO[C@@H]1OC(CO)[C@@H](O[C@@H]2OC(CO)[C@H](O[C@@H]3OC(CO)[C@H](O)[C@H](O[C@H]4OC(CO)[C@H](O)[C@H](O[C@H]5OC(CO)[C@H](O)[C@H](O)C5O)C4O)C3O)[C@H](O)C2O)[C@H](O)C1O)NC(=O)CCCCCCCCCCCCCCCCCCCCCCC. The monoisotopic (exact) mass is 1460 g/mol. The Kier molecular flexibility index (Phi) is 45.1. The molecule has 5 aliphatic heterocycles. The number of hydrogen-bond donors (Lipinski definition) is 18. The highest BCUT2D eigenvalue weighted by Crippen LogP contribution is 2.37. The van der Waals surface area contributed by atoms with Gasteiger partial charge in [-0.05, 0) is 19.3 Å². The molecule has 0 bridgehead atoms. The number of carbonyl (C=O) groups excluding carboxylic acids is 1. The smallest absolute Gasteiger partial charge is 0.220 e. The Hall–Kier alpha value is -1.87. The average molecular weight is 1460 g/mol. The molecule has 594 valence electrons. The van der Waals surface area contributed by atoms with Gasteiger partial charge < -0.3 is 139 Å². The predicted octanol–water partition coefficient (Wildman–Crippen LogP) is 1.80. The highest BCUT2D eigenvalue weighted by atomic mass is 16.8. The molecule has 101 heavy (non-hydrogen) atoms. The summed E-state index contributed by atoms with van der Waals surface area (Å²) >= 11 is 0. The van der Waals surface area contributed by atoms with Gasteiger partial charge in [-0.25, -0.2) is 0 Å². The van der Waals surface area contributed by atoms with E-state index in [0.29, 0.717) is 12.8 Å². The largest absolute Gasteiger partial charge is 0.394 e. The summed E-state index contributed by atoms with van der Waals surface area (Å²) in [6.07, 6.45) is -5.11. The van der Waals surface area contributed by atoms with Crippen molar-refractivity contribution in [2.24, 2.45) is 0 Å². The molecule has 5 heterocycles. The fourth-order valence-corrected chi connectivity index (χ4v) is 13.9. The van der Waals surface area contributed by atoms with Crippen LogP contribution in [0.1, 0.15) is 232 Å². The van der Waals surface area contributed by atoms with Crippen LogP contribution in [0.15, 0.2) is 12.2 Å². The molecule has 10 unspecified atom stereocenters. The van der Waals surface area contributed by atoms with Crippen LogP contribution in [0.2, 0.25) is 0 Å². The van der Waals surface area contributed by atoms with Crippen molar-refractivity contribution in [2.45, 2.75) is 398 Å². The molecule has 0 aromatic heterocycles. The summed E-state index contributed by atoms with van der Waals surface area (Å²) in [5, 5.41) is 188. The van der Waals surface area contributed by atoms with E-state index in [-0.39, 0.29) is 12.3 Å². The summed E-state index contributed by atoms with van der Waals surface area (Å²) in [7, 11) is 0. The van der Waals surface area contributed by atoms with Crippen molar-refractivity contribution in [1.29, 1.82) is 0 Å². The minimum absolute atomic E-state index is 0.202. The molecule has 18 N–H and O–H groups in total. The summed E-state index contributed by atoms with van der Waals surface area (Å²) in [5.74, 6) is -0.316. The van der Waals surface area contributed by atoms with Crippen molar-refractivity contribution in [1.82, 2.24) is 5.32 Å². The molecule has 5 saturated heterocycles. The van der Waals surface area contributed by atoms with Crippen molar-refractivity contribution < 1.29 is 139 Å². The number of carbonyl (C=O) groups is 1. The molecule has 5 rings (SSSR count). The highest BCUT2D eigenvalue weighted by Gasteiger charge is 2.57. The third kappa shape index (κ3) is 29.6. The van der Waals surface area contributed by atoms with Gasteiger partial charge in [0.05, 0.1) is 51.8 Å². The summed E-state index contributed by atoms with van der Waals surface area (Å²) in [6, 6.07) is -1.03. The molecule has 0 saturated carbocycles. The molecule has 0 aliphatic carbocycles. The van der Waals surface area contributed by atoms with Crippen LogP contribution in [0.5, 0.6) is 0 Å². The molecule has 0 radical (unpaired) electrons. The van der Waals surface area contributed by atoms with E-state index in [1.807, 2.05) is 6.08 Å². The molecule has 5 fully saturated rings. The van der Waals surface area contributed by atoms with Crippen LogP contribution in [0.3, 0.4) is 0 Å². The minimum atomic E-state index is -2.18. The van der Waals surface area contributed by atoms with E-state index in [1.165, 1.54) is 154 Å². The quantitative estimate of drug-likeness (QED) is 0.0305. The average Bonchev–Trinajstić information content (AvgIpc) is 0.781. The minimum Gasteiger partial charge on any atom is -0.394 e. The molecule has 0 aromatic rings. The Bertz CT molecular complexity index is 2130. The zero-order chi connectivity index (χ0) is 73.6. The second-order valence-electron chi connectivity index (χ2n) is 28.5. The Morgan fingerprint density at radius 2 is 0.644 bits per heavy atom. The molecule has 27 atom stereocenters. The van der Waals surface area contributed by atoms with Crippen molar-refractivity contribution in [3.8, 4) is 0 Å². The summed E-state index contributed by atoms with van der Waals surface area (Å²) < 4.78 is 57.4. The van der Waals surface area contributed by atoms with Crippen molar-refractivity contribution >= 4 is 5.91 Å². The normalized spacial score (nSPS) is 35.5. The van der Waals surface area contributed by atoms with E-state index in [9.17, 15) is 91.6 Å². The van der Waals surface area contributed by atoms with Crippen LogP contribution in [0.4, 0.5) is 0 Å². The van der Waals surface area contributed by atoms with Gasteiger partial charge in [0.15, 0.2) is 31.5 Å². The Balaban J connectivity index is 1.12. The summed E-state index contributed by atoms with van der Waals surface area (Å²) in [5.41, 5.74) is 0. The van der Waals surface area contributed by atoms with Gasteiger partial charge in [-0.2, -0.15) is 0 Å². The summed E-state index contributed by atoms with van der Waals surface area (Å²) in [4.78, 5) is 13.5. The zero-order valence-electron chi connectivity index (χ0n) is 60.1. The Labute approximate surface area is 597 Å². The Morgan fingerprint density at radius 3 is 1.02 bits per heavy atom. The maximum atomic E-state index is 13.5. The maximum absolute atomic E-state index is 13.5. The fraction of sp³-hybridized carbons (Fsp3) is 0.958. The number of ether oxygens (including phenoxy) is 10. The molecule has 0 aromatic carbocycles. The van der Waals surface area contributed by atoms with E-state index in [1.54, 1.807) is 6.08 Å². The van der Waals surface area contributed by atoms with E-state index < -0.39 is 205 Å². The number of hydrogen-bond acceptors (Lipinski definition) is 28. The van der Waals surface area contributed by atoms with Gasteiger partial charge in [0, 0.05) is 6.42 Å². The van der Waals surface area contributed by atoms with Gasteiger partial charge in [-0.1, -0.05) is 219 Å². The number of nitrogens with one attached hydrogen (secondary N) is 1. The maximum Gasteiger partial charge on any atom is 0.220 e. The van der Waals surface area contributed by atoms with Gasteiger partial charge in [-0.3, -0.25) is 4.79 Å². The van der Waals surface area contributed by atoms with Gasteiger partial charge >= 0.3 is 0 Å². The van der Waals surface area contributed by atoms with E-state index in [4.69, 9.17) is 47.4 Å². The number of unbranched alkanes of at least 4 members (excludes halogenated alkanes) is 31. The number of amides is 1. The fourth-order valence-electron chi connectivity index (χ4n) is 13.9. The standard InChI is InChI=1S/C72H133NO28/c1-3-5-7-9-11-13-15-17-18-19-20-21-22-23-24-26-28-30-32-34-36-38-52(80)73-45(46(79)37-35-33-31-29-27-25-16-14-12-10-8-6-4-2)44-92-68-60(88)57(85)64(50(42-77)96-68)98-70-61(89)58(86)65(51(43-78)97-70)99-71-62(90)67(55(83)48(40-75)94-71)101-72-63(91)66(54(82)49(41-76)95-72)100-69-59(87)56(84)53(81)47(39-74)93-69/h35,37,45-51,53-72,74-79,81-91H,3-34,36,38-44H2,1-2H3,(H,73,80)/b37-35+/t45-,46+,47?,48?,49?,50?,51?,53-,54-,55-,56-,57+,58+,59?,60?,61?,62?,63?,64+,65-,66-,67-,68+,69+,70-,71-,72+/m0/s1. The Morgan fingerprint density at radius 1 is 0.347 bits per heavy atom. The topological polar surface area (TPSA) is 465 Å². The van der Waals surface area contributed by atoms with Crippen molar-refractivity contribution in [3.05, 3.63) is 12.2 Å². The van der Waals surface area contributed by atoms with Crippen molar-refractivity contribution in [3.63, 3.8) is 0 Å². The van der Waals surface area contributed by atoms with E-state index in [2.05, 4.69) is 19.2 Å². The van der Waals surface area contributed by atoms with Crippen LogP contribution < -0.4 is 5.32 Å². The lowest BCUT2D eigenvalue weighted by Gasteiger charge is -2.49. The lowest BCUT2D eigenvalue weighted by Crippen LogP contribution is -2.68. The molecular formula is C72H133NO28. The number of aliphatic hydroxyl groups is 17. The first-order chi connectivity index (χ1) is 48.8. The van der Waals surface area contributed by atoms with Crippen LogP contribution >= 0.6 is 0 Å². The van der Waals surface area contributed by atoms with Crippen molar-refractivity contribution in [2.75, 3.05) is 39.6 Å². The molecule has 29 nitrogen and oxygen atoms in total. The van der Waals surface area contributed by atoms with Crippen LogP contribution in [-0.2, 0) is 52.2 Å². The summed E-state index contributed by atoms with van der Waals surface area (Å²) in [6.45, 7) is -0.635. The first-order valence-corrected chi connectivity index (χ1v) is 38.5. The van der Waals surface area contributed by atoms with E-state index in [0.717, 1.165) is 44.9 Å². The molecule has 29 heteroatoms. The second-order valence-corrected chi connectivity index (χ2v) is 28.5. The third-order valence-electron chi connectivity index (χ3n) is 20.3. The molecular weight excluding hydrogens is 1330 g/mol. The van der Waals surface area contributed by atoms with Gasteiger partial charge in [0.1, 0.15) is 122 Å². The van der Waals surface area contributed by atoms with Crippen LogP contribution in [0.25, 0.3) is 0 Å². The zero-order valence-corrected chi connectivity index (χ0v) is 60.1. The highest BCUT2D eigenvalue weighted by molar-refractivity contribution is 5.76. The van der Waals surface area contributed by atoms with E-state index >= 15 is 0 Å². The van der Waals surface area contributed by atoms with Crippen LogP contribution in [0, 0.1) is 0 Å². The molecule has 0 spiro atoms. The predicted molar refractivity (Wildman–Crippen MR) is 366 cm³/mol. The van der Waals surface area contributed by atoms with Gasteiger partial charge in [0.25, 0.3) is 0 Å². The first kappa shape index (κ1) is 89.8. The lowest BCUT2D eigenvalue weighted by atomic mass is 9.95. The second kappa shape index (κ2) is 50.7. The third-order valence-corrected chi connectivity index (χ3v) is 20.3.